The van der Waals surface area contributed by atoms with Crippen molar-refractivity contribution < 1.29 is 4.42 Å². The lowest BCUT2D eigenvalue weighted by Gasteiger charge is -2.29. The van der Waals surface area contributed by atoms with Crippen LogP contribution in [0.25, 0.3) is 70.8 Å². The highest BCUT2D eigenvalue weighted by Gasteiger charge is 2.26. The summed E-state index contributed by atoms with van der Waals surface area (Å²) in [4.78, 5) is 4.86. The standard InChI is InChI=1S/C60H49N3O/c1-34-13-20-52(40(7)25-34)61(44-27-36(3)23-37(4)28-44)43-16-18-46-51-31-42-15-17-47-48-19-22-55(62(45-29-38(5)24-39(6)30-45)53-21-14-35(2)26-41(53)8)58-49-11-9-10-12-54(49)63(60(48)58)59(47)50(42)33-57(51)64-56(46)32-43/h9-33H,1-8H3. The van der Waals surface area contributed by atoms with Gasteiger partial charge < -0.3 is 18.6 Å². The molecular formula is C60H49N3O. The zero-order valence-corrected chi connectivity index (χ0v) is 37.7. The van der Waals surface area contributed by atoms with E-state index in [-0.39, 0.29) is 0 Å². The number of aromatic nitrogens is 1. The number of furan rings is 1. The molecule has 0 N–H and O–H groups in total. The van der Waals surface area contributed by atoms with E-state index in [1.54, 1.807) is 0 Å². The van der Waals surface area contributed by atoms with E-state index in [9.17, 15) is 0 Å². The van der Waals surface area contributed by atoms with Gasteiger partial charge in [-0.1, -0.05) is 83.9 Å². The number of rotatable bonds is 6. The fourth-order valence-electron chi connectivity index (χ4n) is 11.0. The van der Waals surface area contributed by atoms with Crippen LogP contribution in [0.3, 0.4) is 0 Å². The minimum Gasteiger partial charge on any atom is -0.456 e. The largest absolute Gasteiger partial charge is 0.456 e. The quantitative estimate of drug-likeness (QED) is 0.167. The lowest BCUT2D eigenvalue weighted by molar-refractivity contribution is 0.669. The molecule has 3 aromatic heterocycles. The first-order chi connectivity index (χ1) is 31.0. The maximum Gasteiger partial charge on any atom is 0.137 e. The van der Waals surface area contributed by atoms with Gasteiger partial charge in [-0.15, -0.1) is 0 Å². The number of nitrogens with zero attached hydrogens (tertiary/aromatic N) is 3. The highest BCUT2D eigenvalue weighted by molar-refractivity contribution is 6.31. The van der Waals surface area contributed by atoms with Crippen LogP contribution in [-0.2, 0) is 0 Å². The lowest BCUT2D eigenvalue weighted by atomic mass is 10.00. The van der Waals surface area contributed by atoms with Gasteiger partial charge in [0.15, 0.2) is 0 Å². The molecule has 0 saturated heterocycles. The van der Waals surface area contributed by atoms with E-state index in [1.165, 1.54) is 110 Å². The van der Waals surface area contributed by atoms with Crippen molar-refractivity contribution in [2.75, 3.05) is 9.80 Å². The molecule has 9 aromatic carbocycles. The third-order valence-electron chi connectivity index (χ3n) is 13.5. The second-order valence-electron chi connectivity index (χ2n) is 18.5. The topological polar surface area (TPSA) is 24.0 Å². The molecule has 0 bridgehead atoms. The van der Waals surface area contributed by atoms with E-state index in [0.29, 0.717) is 0 Å². The molecule has 0 aliphatic carbocycles. The Bertz CT molecular complexity index is 3860. The Hall–Kier alpha value is -7.56. The first-order valence-corrected chi connectivity index (χ1v) is 22.4. The second kappa shape index (κ2) is 14.0. The maximum atomic E-state index is 6.94. The third kappa shape index (κ3) is 5.75. The van der Waals surface area contributed by atoms with E-state index < -0.39 is 0 Å². The van der Waals surface area contributed by atoms with Crippen LogP contribution in [0.4, 0.5) is 34.1 Å². The van der Waals surface area contributed by atoms with Gasteiger partial charge in [0, 0.05) is 72.2 Å². The highest BCUT2D eigenvalue weighted by atomic mass is 16.3. The van der Waals surface area contributed by atoms with Crippen LogP contribution >= 0.6 is 0 Å². The Balaban J connectivity index is 1.10. The van der Waals surface area contributed by atoms with Gasteiger partial charge in [-0.2, -0.15) is 0 Å². The van der Waals surface area contributed by atoms with Crippen molar-refractivity contribution >= 4 is 105 Å². The Kier molecular flexibility index (Phi) is 8.33. The molecule has 0 amide bonds. The number of anilines is 6. The van der Waals surface area contributed by atoms with Gasteiger partial charge in [0.05, 0.1) is 22.2 Å². The van der Waals surface area contributed by atoms with Crippen molar-refractivity contribution in [1.29, 1.82) is 0 Å². The van der Waals surface area contributed by atoms with Gasteiger partial charge in [-0.05, 0) is 167 Å². The van der Waals surface area contributed by atoms with Crippen LogP contribution < -0.4 is 9.80 Å². The zero-order valence-electron chi connectivity index (χ0n) is 37.7. The minimum atomic E-state index is 0.873. The molecule has 0 fully saturated rings. The van der Waals surface area contributed by atoms with E-state index in [2.05, 4.69) is 221 Å². The summed E-state index contributed by atoms with van der Waals surface area (Å²) in [6, 6.07) is 56.8. The van der Waals surface area contributed by atoms with Gasteiger partial charge in [-0.25, -0.2) is 0 Å². The maximum absolute atomic E-state index is 6.94. The molecule has 0 saturated carbocycles. The number of benzene rings is 9. The summed E-state index contributed by atoms with van der Waals surface area (Å²) in [6.07, 6.45) is 0. The molecule has 0 aliphatic rings. The Labute approximate surface area is 373 Å². The van der Waals surface area contributed by atoms with Crippen LogP contribution in [0.15, 0.2) is 156 Å². The van der Waals surface area contributed by atoms with E-state index in [4.69, 9.17) is 4.42 Å². The van der Waals surface area contributed by atoms with E-state index >= 15 is 0 Å². The molecule has 0 spiro atoms. The molecule has 0 atom stereocenters. The minimum absolute atomic E-state index is 0.873. The molecule has 0 radical (unpaired) electrons. The molecule has 0 aliphatic heterocycles. The van der Waals surface area contributed by atoms with E-state index in [0.717, 1.165) is 39.0 Å². The normalized spacial score (nSPS) is 12.1. The lowest BCUT2D eigenvalue weighted by Crippen LogP contribution is -2.12. The smallest absolute Gasteiger partial charge is 0.137 e. The van der Waals surface area contributed by atoms with Crippen LogP contribution in [-0.4, -0.2) is 4.40 Å². The highest BCUT2D eigenvalue weighted by Crippen LogP contribution is 2.50. The summed E-state index contributed by atoms with van der Waals surface area (Å²) < 4.78 is 9.47. The van der Waals surface area contributed by atoms with Crippen molar-refractivity contribution in [3.05, 3.63) is 196 Å². The Morgan fingerprint density at radius 3 is 1.59 bits per heavy atom. The molecule has 64 heavy (non-hydrogen) atoms. The van der Waals surface area contributed by atoms with Crippen molar-refractivity contribution in [3.8, 4) is 0 Å². The SMILES string of the molecule is Cc1cc(C)cc(N(c2ccc3c(c2)oc2cc4c(ccc5c6ccc(N(c7cc(C)cc(C)c7)c7ccc(C)cc7C)c7c8ccccc8n(c45)c67)cc23)c2ccc(C)cc2C)c1. The summed E-state index contributed by atoms with van der Waals surface area (Å²) in [6.45, 7) is 17.5. The average molecular weight is 828 g/mol. The average Bonchev–Trinajstić information content (AvgIpc) is 3.91. The van der Waals surface area contributed by atoms with Crippen LogP contribution in [0.2, 0.25) is 0 Å². The summed E-state index contributed by atoms with van der Waals surface area (Å²) in [5, 5.41) is 9.59. The van der Waals surface area contributed by atoms with Crippen molar-refractivity contribution in [2.45, 2.75) is 55.4 Å². The molecule has 310 valence electrons. The zero-order chi connectivity index (χ0) is 43.7. The monoisotopic (exact) mass is 827 g/mol. The number of aryl methyl sites for hydroxylation is 8. The van der Waals surface area contributed by atoms with Gasteiger partial charge >= 0.3 is 0 Å². The van der Waals surface area contributed by atoms with Gasteiger partial charge in [0.1, 0.15) is 11.2 Å². The number of fused-ring (bicyclic) bond motifs is 11. The molecule has 12 rings (SSSR count). The molecule has 0 unspecified atom stereocenters. The molecule has 12 aromatic rings. The summed E-state index contributed by atoms with van der Waals surface area (Å²) >= 11 is 0. The fourth-order valence-corrected chi connectivity index (χ4v) is 11.0. The molecule has 3 heterocycles. The van der Waals surface area contributed by atoms with Crippen LogP contribution in [0, 0.1) is 55.4 Å². The van der Waals surface area contributed by atoms with Gasteiger partial charge in [-0.3, -0.25) is 0 Å². The summed E-state index contributed by atoms with van der Waals surface area (Å²) in [7, 11) is 0. The Morgan fingerprint density at radius 2 is 0.922 bits per heavy atom. The third-order valence-corrected chi connectivity index (χ3v) is 13.5. The molecular weight excluding hydrogens is 779 g/mol. The number of para-hydroxylation sites is 1. The van der Waals surface area contributed by atoms with Crippen LogP contribution in [0.5, 0.6) is 0 Å². The summed E-state index contributed by atoms with van der Waals surface area (Å²) in [5.41, 5.74) is 22.3. The van der Waals surface area contributed by atoms with Gasteiger partial charge in [0.25, 0.3) is 0 Å². The summed E-state index contributed by atoms with van der Waals surface area (Å²) in [5.74, 6) is 0. The fraction of sp³-hybridized carbons (Fsp3) is 0.133. The Morgan fingerprint density at radius 1 is 0.359 bits per heavy atom. The number of hydrogen-bond acceptors (Lipinski definition) is 3. The molecule has 4 heteroatoms. The predicted octanol–water partition coefficient (Wildman–Crippen LogP) is 17.3. The first kappa shape index (κ1) is 38.1. The second-order valence-corrected chi connectivity index (χ2v) is 18.5. The van der Waals surface area contributed by atoms with E-state index in [1.807, 2.05) is 0 Å². The van der Waals surface area contributed by atoms with Crippen molar-refractivity contribution in [1.82, 2.24) is 4.40 Å². The predicted molar refractivity (Wildman–Crippen MR) is 273 cm³/mol. The number of hydrogen-bond donors (Lipinski definition) is 0. The van der Waals surface area contributed by atoms with Crippen molar-refractivity contribution in [3.63, 3.8) is 0 Å². The van der Waals surface area contributed by atoms with Crippen LogP contribution in [0.1, 0.15) is 44.5 Å². The van der Waals surface area contributed by atoms with Crippen molar-refractivity contribution in [2.24, 2.45) is 0 Å². The van der Waals surface area contributed by atoms with Gasteiger partial charge in [0.2, 0.25) is 0 Å². The first-order valence-electron chi connectivity index (χ1n) is 22.4. The molecule has 4 nitrogen and oxygen atoms in total.